The molecule has 5 atom stereocenters. The molecule has 2 aliphatic rings. The zero-order chi connectivity index (χ0) is 27.3. The summed E-state index contributed by atoms with van der Waals surface area (Å²) in [4.78, 5) is 17.5. The van der Waals surface area contributed by atoms with E-state index >= 15 is 0 Å². The van der Waals surface area contributed by atoms with E-state index in [-0.39, 0.29) is 17.9 Å². The average Bonchev–Trinajstić information content (AvgIpc) is 3.33. The Balaban J connectivity index is 1.64. The fourth-order valence-corrected chi connectivity index (χ4v) is 4.76. The molecule has 0 radical (unpaired) electrons. The zero-order valence-corrected chi connectivity index (χ0v) is 20.8. The third-order valence-electron chi connectivity index (χ3n) is 6.96. The van der Waals surface area contributed by atoms with Gasteiger partial charge >= 0.3 is 6.18 Å². The van der Waals surface area contributed by atoms with E-state index in [1.807, 2.05) is 0 Å². The van der Waals surface area contributed by atoms with E-state index in [1.165, 1.54) is 19.2 Å². The highest BCUT2D eigenvalue weighted by Crippen LogP contribution is 2.55. The third kappa shape index (κ3) is 4.89. The molecule has 0 spiro atoms. The number of nitrogens with one attached hydrogen (secondary N) is 1. The van der Waals surface area contributed by atoms with E-state index < -0.39 is 64.9 Å². The molecule has 0 bridgehead atoms. The Morgan fingerprint density at radius 1 is 1.14 bits per heavy atom. The molecule has 2 saturated heterocycles. The lowest BCUT2D eigenvalue weighted by atomic mass is 9.77. The van der Waals surface area contributed by atoms with Crippen molar-refractivity contribution in [2.24, 2.45) is 5.92 Å². The molecular formula is C25H27F5N2O5. The number of hydrogen-bond acceptors (Lipinski definition) is 6. The Kier molecular flexibility index (Phi) is 6.97. The van der Waals surface area contributed by atoms with Crippen molar-refractivity contribution < 1.29 is 45.7 Å². The molecule has 37 heavy (non-hydrogen) atoms. The number of anilines is 1. The highest BCUT2D eigenvalue weighted by molar-refractivity contribution is 5.95. The number of ether oxygens (including phenoxy) is 4. The zero-order valence-electron chi connectivity index (χ0n) is 20.8. The van der Waals surface area contributed by atoms with Crippen molar-refractivity contribution in [1.29, 1.82) is 0 Å². The van der Waals surface area contributed by atoms with Crippen LogP contribution in [0, 0.1) is 17.6 Å². The topological polar surface area (TPSA) is 78.9 Å². The second kappa shape index (κ2) is 9.48. The number of carbonyl (C=O) groups is 1. The monoisotopic (exact) mass is 530 g/mol. The molecule has 1 amide bonds. The molecule has 1 aromatic heterocycles. The fraction of sp³-hybridized carbons (Fsp3) is 0.520. The predicted octanol–water partition coefficient (Wildman–Crippen LogP) is 5.27. The number of halogens is 5. The molecule has 1 aromatic carbocycles. The van der Waals surface area contributed by atoms with Gasteiger partial charge in [0.15, 0.2) is 23.0 Å². The number of alkyl halides is 3. The van der Waals surface area contributed by atoms with Crippen LogP contribution < -0.4 is 10.1 Å². The van der Waals surface area contributed by atoms with Crippen LogP contribution in [0.15, 0.2) is 30.5 Å². The summed E-state index contributed by atoms with van der Waals surface area (Å²) in [6.07, 6.45) is -5.65. The molecule has 0 saturated carbocycles. The predicted molar refractivity (Wildman–Crippen MR) is 121 cm³/mol. The van der Waals surface area contributed by atoms with E-state index in [1.54, 1.807) is 19.9 Å². The maximum Gasteiger partial charge on any atom is 0.417 e. The maximum absolute atomic E-state index is 14.5. The first-order valence-corrected chi connectivity index (χ1v) is 11.5. The highest BCUT2D eigenvalue weighted by atomic mass is 19.4. The van der Waals surface area contributed by atoms with Gasteiger partial charge < -0.3 is 24.3 Å². The van der Waals surface area contributed by atoms with Gasteiger partial charge in [0.1, 0.15) is 12.2 Å². The van der Waals surface area contributed by atoms with Crippen molar-refractivity contribution in [2.75, 3.05) is 19.0 Å². The fourth-order valence-electron chi connectivity index (χ4n) is 4.76. The molecule has 2 fully saturated rings. The van der Waals surface area contributed by atoms with Crippen LogP contribution in [0.2, 0.25) is 0 Å². The van der Waals surface area contributed by atoms with Gasteiger partial charge in [-0.05, 0) is 39.0 Å². The number of rotatable bonds is 5. The van der Waals surface area contributed by atoms with Crippen LogP contribution in [0.3, 0.4) is 0 Å². The Morgan fingerprint density at radius 2 is 1.84 bits per heavy atom. The Labute approximate surface area is 210 Å². The number of amides is 1. The van der Waals surface area contributed by atoms with Gasteiger partial charge in [0.2, 0.25) is 5.82 Å². The van der Waals surface area contributed by atoms with Crippen LogP contribution in [0.5, 0.6) is 5.75 Å². The number of benzene rings is 1. The normalized spacial score (nSPS) is 29.4. The Hall–Kier alpha value is -2.83. The van der Waals surface area contributed by atoms with Crippen molar-refractivity contribution in [3.8, 4) is 5.75 Å². The lowest BCUT2D eigenvalue weighted by Crippen LogP contribution is -2.47. The van der Waals surface area contributed by atoms with Crippen molar-refractivity contribution in [3.63, 3.8) is 0 Å². The summed E-state index contributed by atoms with van der Waals surface area (Å²) in [7, 11) is 1.06. The van der Waals surface area contributed by atoms with Crippen LogP contribution in [0.4, 0.5) is 27.6 Å². The van der Waals surface area contributed by atoms with Crippen LogP contribution in [0.25, 0.3) is 0 Å². The van der Waals surface area contributed by atoms with Gasteiger partial charge in [0.25, 0.3) is 5.91 Å². The smallest absolute Gasteiger partial charge is 0.417 e. The second-order valence-electron chi connectivity index (χ2n) is 9.72. The van der Waals surface area contributed by atoms with Crippen molar-refractivity contribution >= 4 is 11.6 Å². The molecule has 202 valence electrons. The SMILES string of the molecule is COc1c([C@H]2[C@H](C(=O)Nc3ccc(C4COC(C)(C)O4)nc3)O[C@](C)(C(F)(F)F)[C@H]2C)ccc(F)c1F. The van der Waals surface area contributed by atoms with E-state index in [4.69, 9.17) is 18.9 Å². The molecular weight excluding hydrogens is 503 g/mol. The molecule has 7 nitrogen and oxygen atoms in total. The molecule has 0 aliphatic carbocycles. The van der Waals surface area contributed by atoms with Gasteiger partial charge in [-0.2, -0.15) is 17.6 Å². The molecule has 4 rings (SSSR count). The maximum atomic E-state index is 14.5. The lowest BCUT2D eigenvalue weighted by Gasteiger charge is -2.32. The van der Waals surface area contributed by atoms with Crippen molar-refractivity contribution in [1.82, 2.24) is 4.98 Å². The van der Waals surface area contributed by atoms with E-state index in [9.17, 15) is 26.7 Å². The van der Waals surface area contributed by atoms with Gasteiger partial charge in [0.05, 0.1) is 31.3 Å². The van der Waals surface area contributed by atoms with Gasteiger partial charge in [-0.1, -0.05) is 13.0 Å². The quantitative estimate of drug-likeness (QED) is 0.531. The van der Waals surface area contributed by atoms with E-state index in [2.05, 4.69) is 10.3 Å². The van der Waals surface area contributed by atoms with E-state index in [0.29, 0.717) is 5.69 Å². The first kappa shape index (κ1) is 27.2. The average molecular weight is 530 g/mol. The van der Waals surface area contributed by atoms with Crippen molar-refractivity contribution in [2.45, 2.75) is 63.4 Å². The van der Waals surface area contributed by atoms with Gasteiger partial charge in [-0.3, -0.25) is 9.78 Å². The molecule has 1 N–H and O–H groups in total. The summed E-state index contributed by atoms with van der Waals surface area (Å²) in [5, 5.41) is 2.52. The summed E-state index contributed by atoms with van der Waals surface area (Å²) in [6.45, 7) is 5.88. The summed E-state index contributed by atoms with van der Waals surface area (Å²) in [6, 6.07) is 4.99. The van der Waals surface area contributed by atoms with Gasteiger partial charge in [-0.15, -0.1) is 0 Å². The van der Waals surface area contributed by atoms with Gasteiger partial charge in [-0.25, -0.2) is 4.39 Å². The largest absolute Gasteiger partial charge is 0.493 e. The third-order valence-corrected chi connectivity index (χ3v) is 6.96. The number of hydrogen-bond donors (Lipinski definition) is 1. The number of carbonyl (C=O) groups excluding carboxylic acids is 1. The molecule has 3 heterocycles. The van der Waals surface area contributed by atoms with E-state index in [0.717, 1.165) is 26.2 Å². The highest BCUT2D eigenvalue weighted by Gasteiger charge is 2.66. The molecule has 2 aliphatic heterocycles. The number of methoxy groups -OCH3 is 1. The lowest BCUT2D eigenvalue weighted by molar-refractivity contribution is -0.272. The molecule has 2 aromatic rings. The standard InChI is InChI=1S/C25H27F5N2O5/c1-12-18(14-7-8-15(26)19(27)20(14)34-5)21(37-24(12,4)25(28,29)30)22(33)32-13-6-9-16(31-10-13)17-11-35-23(2,3)36-17/h6-10,12,17-18,21H,11H2,1-5H3,(H,32,33)/t12-,17?,18-,21+,24-/m0/s1. The Bertz CT molecular complexity index is 1170. The second-order valence-corrected chi connectivity index (χ2v) is 9.72. The summed E-state index contributed by atoms with van der Waals surface area (Å²) in [5.74, 6) is -7.53. The van der Waals surface area contributed by atoms with Crippen LogP contribution in [-0.2, 0) is 19.0 Å². The first-order valence-electron chi connectivity index (χ1n) is 11.5. The van der Waals surface area contributed by atoms with Gasteiger partial charge in [0, 0.05) is 17.4 Å². The number of nitrogens with zero attached hydrogens (tertiary/aromatic N) is 1. The number of aromatic nitrogens is 1. The van der Waals surface area contributed by atoms with Crippen molar-refractivity contribution in [3.05, 3.63) is 53.4 Å². The Morgan fingerprint density at radius 3 is 2.38 bits per heavy atom. The summed E-state index contributed by atoms with van der Waals surface area (Å²) in [5.41, 5.74) is -2.12. The van der Waals surface area contributed by atoms with Crippen LogP contribution in [-0.4, -0.2) is 48.3 Å². The van der Waals surface area contributed by atoms with Crippen LogP contribution >= 0.6 is 0 Å². The summed E-state index contributed by atoms with van der Waals surface area (Å²) >= 11 is 0. The summed E-state index contributed by atoms with van der Waals surface area (Å²) < 4.78 is 92.1. The minimum Gasteiger partial charge on any atom is -0.493 e. The minimum absolute atomic E-state index is 0.114. The first-order chi connectivity index (χ1) is 17.2. The minimum atomic E-state index is -4.86. The molecule has 12 heteroatoms. The molecule has 1 unspecified atom stereocenters. The number of pyridine rings is 1. The van der Waals surface area contributed by atoms with Crippen LogP contribution in [0.1, 0.15) is 51.0 Å².